The molecule has 0 unspecified atom stereocenters. The van der Waals surface area contributed by atoms with E-state index < -0.39 is 15.9 Å². The first-order chi connectivity index (χ1) is 8.81. The number of benzene rings is 1. The highest BCUT2D eigenvalue weighted by atomic mass is 32.2. The third kappa shape index (κ3) is 3.58. The summed E-state index contributed by atoms with van der Waals surface area (Å²) >= 11 is 0. The smallest absolute Gasteiger partial charge is 0.242 e. The van der Waals surface area contributed by atoms with Gasteiger partial charge in [-0.05, 0) is 32.2 Å². The summed E-state index contributed by atoms with van der Waals surface area (Å²) in [5.74, 6) is -0.465. The molecule has 0 fully saturated rings. The number of amides is 1. The van der Waals surface area contributed by atoms with Crippen LogP contribution in [0.4, 0.5) is 11.4 Å². The SMILES string of the molecule is CCN(CC(N)=O)c1ccc(S(=O)(=O)NC)c(N)c1. The third-order valence-corrected chi connectivity index (χ3v) is 4.13. The molecule has 0 atom stereocenters. The Labute approximate surface area is 112 Å². The lowest BCUT2D eigenvalue weighted by molar-refractivity contribution is -0.116. The Morgan fingerprint density at radius 2 is 2.05 bits per heavy atom. The molecular weight excluding hydrogens is 268 g/mol. The quantitative estimate of drug-likeness (QED) is 0.608. The van der Waals surface area contributed by atoms with Crippen molar-refractivity contribution in [2.45, 2.75) is 11.8 Å². The highest BCUT2D eigenvalue weighted by molar-refractivity contribution is 7.89. The number of anilines is 2. The van der Waals surface area contributed by atoms with Gasteiger partial charge in [-0.2, -0.15) is 0 Å². The van der Waals surface area contributed by atoms with Gasteiger partial charge in [0.25, 0.3) is 0 Å². The third-order valence-electron chi connectivity index (χ3n) is 2.65. The van der Waals surface area contributed by atoms with E-state index >= 15 is 0 Å². The van der Waals surface area contributed by atoms with Crippen LogP contribution >= 0.6 is 0 Å². The van der Waals surface area contributed by atoms with Gasteiger partial charge in [-0.3, -0.25) is 4.79 Å². The van der Waals surface area contributed by atoms with Crippen molar-refractivity contribution < 1.29 is 13.2 Å². The Bertz CT molecular complexity index is 571. The Kier molecular flexibility index (Phi) is 4.73. The number of nitrogens with zero attached hydrogens (tertiary/aromatic N) is 1. The lowest BCUT2D eigenvalue weighted by atomic mass is 10.2. The minimum Gasteiger partial charge on any atom is -0.398 e. The van der Waals surface area contributed by atoms with Crippen molar-refractivity contribution >= 4 is 27.3 Å². The minimum atomic E-state index is -3.59. The number of rotatable bonds is 6. The molecule has 0 aromatic heterocycles. The summed E-state index contributed by atoms with van der Waals surface area (Å²) in [7, 11) is -2.27. The number of nitrogens with two attached hydrogens (primary N) is 2. The number of hydrogen-bond acceptors (Lipinski definition) is 5. The number of carbonyl (C=O) groups is 1. The summed E-state index contributed by atoms with van der Waals surface area (Å²) in [5, 5.41) is 0. The van der Waals surface area contributed by atoms with Crippen LogP contribution in [0.5, 0.6) is 0 Å². The van der Waals surface area contributed by atoms with Crippen molar-refractivity contribution in [2.24, 2.45) is 5.73 Å². The zero-order valence-corrected chi connectivity index (χ0v) is 11.7. The first-order valence-electron chi connectivity index (χ1n) is 5.68. The standard InChI is InChI=1S/C11H18N4O3S/c1-3-15(7-11(13)16)8-4-5-10(9(12)6-8)19(17,18)14-2/h4-6,14H,3,7,12H2,1-2H3,(H2,13,16). The fourth-order valence-corrected chi connectivity index (χ4v) is 2.50. The van der Waals surface area contributed by atoms with Gasteiger partial charge < -0.3 is 16.4 Å². The van der Waals surface area contributed by atoms with E-state index in [9.17, 15) is 13.2 Å². The second-order valence-electron chi connectivity index (χ2n) is 3.91. The molecule has 5 N–H and O–H groups in total. The number of likely N-dealkylation sites (N-methyl/N-ethyl adjacent to an activating group) is 1. The number of sulfonamides is 1. The molecule has 0 radical (unpaired) electrons. The number of hydrogen-bond donors (Lipinski definition) is 3. The van der Waals surface area contributed by atoms with Gasteiger partial charge in [0.1, 0.15) is 4.90 Å². The molecule has 1 rings (SSSR count). The highest BCUT2D eigenvalue weighted by Crippen LogP contribution is 2.24. The van der Waals surface area contributed by atoms with Gasteiger partial charge in [0, 0.05) is 12.2 Å². The Balaban J connectivity index is 3.15. The van der Waals surface area contributed by atoms with E-state index in [0.29, 0.717) is 12.2 Å². The molecule has 106 valence electrons. The monoisotopic (exact) mass is 286 g/mol. The van der Waals surface area contributed by atoms with E-state index in [4.69, 9.17) is 11.5 Å². The molecule has 0 aliphatic carbocycles. The highest BCUT2D eigenvalue weighted by Gasteiger charge is 2.17. The summed E-state index contributed by atoms with van der Waals surface area (Å²) in [4.78, 5) is 12.7. The van der Waals surface area contributed by atoms with Gasteiger partial charge in [-0.1, -0.05) is 0 Å². The maximum Gasteiger partial charge on any atom is 0.242 e. The molecule has 0 spiro atoms. The van der Waals surface area contributed by atoms with E-state index in [1.54, 1.807) is 11.0 Å². The first kappa shape index (κ1) is 15.3. The number of nitrogen functional groups attached to an aromatic ring is 1. The zero-order chi connectivity index (χ0) is 14.6. The van der Waals surface area contributed by atoms with Crippen molar-refractivity contribution in [1.82, 2.24) is 4.72 Å². The Hall–Kier alpha value is -1.80. The van der Waals surface area contributed by atoms with Crippen LogP contribution in [0, 0.1) is 0 Å². The predicted molar refractivity (Wildman–Crippen MR) is 74.2 cm³/mol. The van der Waals surface area contributed by atoms with Gasteiger partial charge in [0.15, 0.2) is 0 Å². The molecule has 1 amide bonds. The van der Waals surface area contributed by atoms with Crippen LogP contribution in [0.25, 0.3) is 0 Å². The van der Waals surface area contributed by atoms with Crippen molar-refractivity contribution in [1.29, 1.82) is 0 Å². The Morgan fingerprint density at radius 3 is 2.47 bits per heavy atom. The van der Waals surface area contributed by atoms with Gasteiger partial charge in [0.2, 0.25) is 15.9 Å². The summed E-state index contributed by atoms with van der Waals surface area (Å²) < 4.78 is 25.5. The first-order valence-corrected chi connectivity index (χ1v) is 7.16. The van der Waals surface area contributed by atoms with Crippen LogP contribution in [0.2, 0.25) is 0 Å². The van der Waals surface area contributed by atoms with Gasteiger partial charge in [0.05, 0.1) is 12.2 Å². The maximum atomic E-state index is 11.7. The van der Waals surface area contributed by atoms with Crippen molar-refractivity contribution in [2.75, 3.05) is 30.8 Å². The van der Waals surface area contributed by atoms with E-state index in [1.807, 2.05) is 6.92 Å². The van der Waals surface area contributed by atoms with Crippen LogP contribution in [-0.2, 0) is 14.8 Å². The van der Waals surface area contributed by atoms with Crippen molar-refractivity contribution in [3.63, 3.8) is 0 Å². The normalized spacial score (nSPS) is 11.3. The van der Waals surface area contributed by atoms with E-state index in [1.165, 1.54) is 19.2 Å². The van der Waals surface area contributed by atoms with E-state index in [0.717, 1.165) is 0 Å². The average molecular weight is 286 g/mol. The predicted octanol–water partition coefficient (Wildman–Crippen LogP) is -0.511. The fraction of sp³-hybridized carbons (Fsp3) is 0.364. The van der Waals surface area contributed by atoms with Gasteiger partial charge in [-0.25, -0.2) is 13.1 Å². The van der Waals surface area contributed by atoms with Crippen LogP contribution in [0.3, 0.4) is 0 Å². The summed E-state index contributed by atoms with van der Waals surface area (Å²) in [6, 6.07) is 4.50. The molecule has 1 aromatic carbocycles. The lowest BCUT2D eigenvalue weighted by Crippen LogP contribution is -2.33. The van der Waals surface area contributed by atoms with Crippen LogP contribution < -0.4 is 21.1 Å². The van der Waals surface area contributed by atoms with E-state index in [-0.39, 0.29) is 17.1 Å². The lowest BCUT2D eigenvalue weighted by Gasteiger charge is -2.22. The molecule has 0 saturated heterocycles. The molecule has 0 aliphatic heterocycles. The largest absolute Gasteiger partial charge is 0.398 e. The van der Waals surface area contributed by atoms with Gasteiger partial charge >= 0.3 is 0 Å². The topological polar surface area (TPSA) is 119 Å². The average Bonchev–Trinajstić information content (AvgIpc) is 2.35. The zero-order valence-electron chi connectivity index (χ0n) is 10.9. The number of nitrogens with one attached hydrogen (secondary N) is 1. The molecular formula is C11H18N4O3S. The molecule has 7 nitrogen and oxygen atoms in total. The fourth-order valence-electron chi connectivity index (χ4n) is 1.66. The molecule has 0 heterocycles. The maximum absolute atomic E-state index is 11.7. The summed E-state index contributed by atoms with van der Waals surface area (Å²) in [5.41, 5.74) is 11.7. The minimum absolute atomic E-state index is 0.00822. The summed E-state index contributed by atoms with van der Waals surface area (Å²) in [6.45, 7) is 2.46. The second-order valence-corrected chi connectivity index (χ2v) is 5.77. The van der Waals surface area contributed by atoms with Crippen LogP contribution in [0.15, 0.2) is 23.1 Å². The molecule has 1 aromatic rings. The molecule has 0 bridgehead atoms. The van der Waals surface area contributed by atoms with Crippen LogP contribution in [-0.4, -0.2) is 34.5 Å². The number of carbonyl (C=O) groups excluding carboxylic acids is 1. The van der Waals surface area contributed by atoms with Crippen molar-refractivity contribution in [3.05, 3.63) is 18.2 Å². The summed E-state index contributed by atoms with van der Waals surface area (Å²) in [6.07, 6.45) is 0. The second kappa shape index (κ2) is 5.89. The molecule has 0 aliphatic rings. The molecule has 19 heavy (non-hydrogen) atoms. The Morgan fingerprint density at radius 1 is 1.42 bits per heavy atom. The van der Waals surface area contributed by atoms with Gasteiger partial charge in [-0.15, -0.1) is 0 Å². The number of primary amides is 1. The van der Waals surface area contributed by atoms with Crippen LogP contribution in [0.1, 0.15) is 6.92 Å². The van der Waals surface area contributed by atoms with E-state index in [2.05, 4.69) is 4.72 Å². The van der Waals surface area contributed by atoms with Crippen molar-refractivity contribution in [3.8, 4) is 0 Å². The molecule has 0 saturated carbocycles. The molecule has 8 heteroatoms.